The van der Waals surface area contributed by atoms with E-state index in [0.29, 0.717) is 6.42 Å². The molecule has 5 heteroatoms. The molecule has 2 rings (SSSR count). The molecule has 2 aromatic carbocycles. The predicted octanol–water partition coefficient (Wildman–Crippen LogP) is 5.43. The van der Waals surface area contributed by atoms with Crippen molar-refractivity contribution in [3.63, 3.8) is 0 Å². The Hall–Kier alpha value is -1.49. The highest BCUT2D eigenvalue weighted by atomic mass is 79.9. The number of benzene rings is 2. The maximum atomic E-state index is 13.7. The number of anilines is 1. The molecule has 0 aliphatic rings. The second kappa shape index (κ2) is 6.31. The van der Waals surface area contributed by atoms with Gasteiger partial charge in [-0.05, 0) is 46.1 Å². The van der Waals surface area contributed by atoms with Gasteiger partial charge >= 0.3 is 0 Å². The van der Waals surface area contributed by atoms with E-state index >= 15 is 0 Å². The molecule has 0 aromatic heterocycles. The third kappa shape index (κ3) is 3.33. The summed E-state index contributed by atoms with van der Waals surface area (Å²) < 4.78 is 40.0. The molecule has 0 spiro atoms. The Morgan fingerprint density at radius 2 is 1.70 bits per heavy atom. The Labute approximate surface area is 123 Å². The van der Waals surface area contributed by atoms with E-state index < -0.39 is 11.6 Å². The molecule has 1 unspecified atom stereocenters. The second-order valence-corrected chi connectivity index (χ2v) is 5.26. The molecule has 0 bridgehead atoms. The summed E-state index contributed by atoms with van der Waals surface area (Å²) in [6.07, 6.45) is 0.681. The lowest BCUT2D eigenvalue weighted by molar-refractivity contribution is 0.578. The molecule has 1 nitrogen and oxygen atoms in total. The molecular weight excluding hydrogens is 331 g/mol. The average Bonchev–Trinajstić information content (AvgIpc) is 2.42. The fraction of sp³-hybridized carbons (Fsp3) is 0.200. The third-order valence-electron chi connectivity index (χ3n) is 3.02. The van der Waals surface area contributed by atoms with E-state index in [1.54, 1.807) is 12.1 Å². The van der Waals surface area contributed by atoms with Gasteiger partial charge in [0.15, 0.2) is 0 Å². The molecule has 0 saturated heterocycles. The monoisotopic (exact) mass is 343 g/mol. The minimum atomic E-state index is -0.661. The van der Waals surface area contributed by atoms with Gasteiger partial charge in [0.05, 0.1) is 16.2 Å². The van der Waals surface area contributed by atoms with Gasteiger partial charge in [-0.3, -0.25) is 0 Å². The average molecular weight is 344 g/mol. The summed E-state index contributed by atoms with van der Waals surface area (Å²) in [4.78, 5) is 0. The van der Waals surface area contributed by atoms with Crippen molar-refractivity contribution < 1.29 is 13.2 Å². The topological polar surface area (TPSA) is 12.0 Å². The van der Waals surface area contributed by atoms with E-state index in [2.05, 4.69) is 21.2 Å². The van der Waals surface area contributed by atoms with E-state index in [0.717, 1.165) is 11.6 Å². The third-order valence-corrected chi connectivity index (χ3v) is 3.63. The molecule has 0 radical (unpaired) electrons. The Bertz CT molecular complexity index is 599. The first-order valence-electron chi connectivity index (χ1n) is 6.17. The summed E-state index contributed by atoms with van der Waals surface area (Å²) in [7, 11) is 0. The Balaban J connectivity index is 2.26. The fourth-order valence-electron chi connectivity index (χ4n) is 1.94. The van der Waals surface area contributed by atoms with Gasteiger partial charge in [0.2, 0.25) is 0 Å². The molecule has 0 aliphatic carbocycles. The molecule has 106 valence electrons. The van der Waals surface area contributed by atoms with Gasteiger partial charge in [-0.2, -0.15) is 0 Å². The zero-order valence-electron chi connectivity index (χ0n) is 10.8. The van der Waals surface area contributed by atoms with Crippen molar-refractivity contribution in [1.82, 2.24) is 0 Å². The van der Waals surface area contributed by atoms with Gasteiger partial charge in [-0.25, -0.2) is 13.2 Å². The quantitative estimate of drug-likeness (QED) is 0.730. The van der Waals surface area contributed by atoms with Crippen LogP contribution in [-0.4, -0.2) is 0 Å². The van der Waals surface area contributed by atoms with Crippen LogP contribution in [0.25, 0.3) is 0 Å². The van der Waals surface area contributed by atoms with Crippen molar-refractivity contribution in [2.75, 3.05) is 5.32 Å². The lowest BCUT2D eigenvalue weighted by Gasteiger charge is -2.19. The van der Waals surface area contributed by atoms with Crippen LogP contribution in [0.4, 0.5) is 18.9 Å². The van der Waals surface area contributed by atoms with Crippen LogP contribution in [0.15, 0.2) is 40.9 Å². The van der Waals surface area contributed by atoms with E-state index in [4.69, 9.17) is 0 Å². The van der Waals surface area contributed by atoms with E-state index in [1.807, 2.05) is 6.92 Å². The van der Waals surface area contributed by atoms with Crippen LogP contribution in [-0.2, 0) is 0 Å². The second-order valence-electron chi connectivity index (χ2n) is 4.40. The van der Waals surface area contributed by atoms with Gasteiger partial charge in [0, 0.05) is 6.07 Å². The van der Waals surface area contributed by atoms with E-state index in [1.165, 1.54) is 18.2 Å². The van der Waals surface area contributed by atoms with Crippen LogP contribution < -0.4 is 5.32 Å². The van der Waals surface area contributed by atoms with Crippen molar-refractivity contribution in [3.05, 3.63) is 63.9 Å². The van der Waals surface area contributed by atoms with Crippen molar-refractivity contribution in [1.29, 1.82) is 0 Å². The highest BCUT2D eigenvalue weighted by Gasteiger charge is 2.14. The van der Waals surface area contributed by atoms with Crippen LogP contribution in [0.2, 0.25) is 0 Å². The Morgan fingerprint density at radius 1 is 1.05 bits per heavy atom. The smallest absolute Gasteiger partial charge is 0.149 e. The number of halogens is 4. The largest absolute Gasteiger partial charge is 0.376 e. The summed E-state index contributed by atoms with van der Waals surface area (Å²) in [5.74, 6) is -1.63. The minimum Gasteiger partial charge on any atom is -0.376 e. The number of hydrogen-bond donors (Lipinski definition) is 1. The summed E-state index contributed by atoms with van der Waals surface area (Å²) in [6.45, 7) is 1.93. The molecule has 0 amide bonds. The van der Waals surface area contributed by atoms with Gasteiger partial charge in [-0.15, -0.1) is 0 Å². The van der Waals surface area contributed by atoms with Crippen LogP contribution in [0.3, 0.4) is 0 Å². The Morgan fingerprint density at radius 3 is 2.30 bits per heavy atom. The molecule has 0 saturated carbocycles. The number of hydrogen-bond acceptors (Lipinski definition) is 1. The number of rotatable bonds is 4. The highest BCUT2D eigenvalue weighted by molar-refractivity contribution is 9.10. The van der Waals surface area contributed by atoms with Gasteiger partial charge in [0.25, 0.3) is 0 Å². The zero-order chi connectivity index (χ0) is 14.7. The molecule has 0 fully saturated rings. The molecule has 1 N–H and O–H groups in total. The fourth-order valence-corrected chi connectivity index (χ4v) is 2.28. The van der Waals surface area contributed by atoms with E-state index in [-0.39, 0.29) is 22.0 Å². The van der Waals surface area contributed by atoms with Crippen LogP contribution in [0, 0.1) is 17.5 Å². The SMILES string of the molecule is CCC(Nc1cc(Br)c(F)cc1F)c1ccc(F)cc1. The van der Waals surface area contributed by atoms with Gasteiger partial charge < -0.3 is 5.32 Å². The molecule has 0 aliphatic heterocycles. The summed E-state index contributed by atoms with van der Waals surface area (Å²) in [5.41, 5.74) is 1.04. The zero-order valence-corrected chi connectivity index (χ0v) is 12.3. The van der Waals surface area contributed by atoms with Crippen LogP contribution in [0.5, 0.6) is 0 Å². The van der Waals surface area contributed by atoms with E-state index in [9.17, 15) is 13.2 Å². The first-order valence-corrected chi connectivity index (χ1v) is 6.97. The van der Waals surface area contributed by atoms with Crippen molar-refractivity contribution in [2.24, 2.45) is 0 Å². The minimum absolute atomic E-state index is 0.178. The maximum Gasteiger partial charge on any atom is 0.149 e. The first-order chi connectivity index (χ1) is 9.51. The number of nitrogens with one attached hydrogen (secondary N) is 1. The lowest BCUT2D eigenvalue weighted by atomic mass is 10.0. The summed E-state index contributed by atoms with van der Waals surface area (Å²) in [5, 5.41) is 3.01. The van der Waals surface area contributed by atoms with Crippen molar-refractivity contribution >= 4 is 21.6 Å². The summed E-state index contributed by atoms with van der Waals surface area (Å²) >= 11 is 3.03. The van der Waals surface area contributed by atoms with Crippen LogP contribution >= 0.6 is 15.9 Å². The maximum absolute atomic E-state index is 13.7. The molecule has 20 heavy (non-hydrogen) atoms. The van der Waals surface area contributed by atoms with Crippen LogP contribution in [0.1, 0.15) is 24.9 Å². The molecular formula is C15H13BrF3N. The normalized spacial score (nSPS) is 12.2. The molecule has 1 atom stereocenters. The Kier molecular flexibility index (Phi) is 4.70. The molecule has 0 heterocycles. The highest BCUT2D eigenvalue weighted by Crippen LogP contribution is 2.28. The molecule has 2 aromatic rings. The lowest BCUT2D eigenvalue weighted by Crippen LogP contribution is -2.11. The van der Waals surface area contributed by atoms with Crippen molar-refractivity contribution in [2.45, 2.75) is 19.4 Å². The van der Waals surface area contributed by atoms with Gasteiger partial charge in [0.1, 0.15) is 17.5 Å². The first kappa shape index (κ1) is 14.9. The standard InChI is InChI=1S/C15H13BrF3N/c1-2-14(9-3-5-10(17)6-4-9)20-15-7-11(16)12(18)8-13(15)19/h3-8,14,20H,2H2,1H3. The van der Waals surface area contributed by atoms with Crippen molar-refractivity contribution in [3.8, 4) is 0 Å². The summed E-state index contributed by atoms with van der Waals surface area (Å²) in [6, 6.07) is 8.01. The predicted molar refractivity (Wildman–Crippen MR) is 77.1 cm³/mol. The van der Waals surface area contributed by atoms with Gasteiger partial charge in [-0.1, -0.05) is 19.1 Å².